The fraction of sp³-hybridized carbons (Fsp3) is 0.364. The van der Waals surface area contributed by atoms with Gasteiger partial charge in [-0.25, -0.2) is 4.79 Å². The molecule has 0 saturated carbocycles. The normalized spacial score (nSPS) is 10.9. The van der Waals surface area contributed by atoms with Gasteiger partial charge in [-0.3, -0.25) is 0 Å². The van der Waals surface area contributed by atoms with Gasteiger partial charge in [-0.05, 0) is 44.0 Å². The number of benzene rings is 1. The maximum Gasteiger partial charge on any atom is 0.235 e. The molecule has 3 heteroatoms. The predicted octanol–water partition coefficient (Wildman–Crippen LogP) is 3.33. The van der Waals surface area contributed by atoms with Crippen molar-refractivity contribution in [2.45, 2.75) is 26.3 Å². The number of hydrogen-bond acceptors (Lipinski definition) is 2. The van der Waals surface area contributed by atoms with Crippen LogP contribution in [0.25, 0.3) is 0 Å². The van der Waals surface area contributed by atoms with Crippen LogP contribution >= 0.6 is 15.9 Å². The lowest BCUT2D eigenvalue weighted by Crippen LogP contribution is -2.15. The molecule has 0 aliphatic carbocycles. The summed E-state index contributed by atoms with van der Waals surface area (Å²) < 4.78 is 1.03. The number of nitrogens with zero attached hydrogens (tertiary/aromatic N) is 1. The molecule has 1 rings (SSSR count). The molecule has 0 fully saturated rings. The number of isocyanates is 1. The molecule has 0 aliphatic heterocycles. The van der Waals surface area contributed by atoms with E-state index < -0.39 is 5.54 Å². The minimum Gasteiger partial charge on any atom is -0.211 e. The van der Waals surface area contributed by atoms with E-state index in [0.29, 0.717) is 0 Å². The summed E-state index contributed by atoms with van der Waals surface area (Å²) >= 11 is 3.39. The van der Waals surface area contributed by atoms with Crippen LogP contribution in [-0.4, -0.2) is 6.08 Å². The fourth-order valence-corrected chi connectivity index (χ4v) is 1.96. The first-order chi connectivity index (χ1) is 6.47. The largest absolute Gasteiger partial charge is 0.235 e. The highest BCUT2D eigenvalue weighted by molar-refractivity contribution is 9.10. The van der Waals surface area contributed by atoms with E-state index in [1.54, 1.807) is 6.08 Å². The lowest BCUT2D eigenvalue weighted by molar-refractivity contribution is 0.521. The summed E-state index contributed by atoms with van der Waals surface area (Å²) in [7, 11) is 0. The van der Waals surface area contributed by atoms with Crippen LogP contribution in [0, 0.1) is 6.92 Å². The Hall–Kier alpha value is -0.920. The van der Waals surface area contributed by atoms with Crippen molar-refractivity contribution < 1.29 is 4.79 Å². The first kappa shape index (κ1) is 11.2. The van der Waals surface area contributed by atoms with E-state index in [9.17, 15) is 4.79 Å². The third-order valence-corrected chi connectivity index (χ3v) is 2.67. The standard InChI is InChI=1S/C11H12BrNO/c1-8-6-9(12)4-5-10(8)11(2,3)13-7-14/h4-6H,1-3H3. The highest BCUT2D eigenvalue weighted by Crippen LogP contribution is 2.28. The van der Waals surface area contributed by atoms with Crippen LogP contribution in [-0.2, 0) is 10.3 Å². The molecule has 0 radical (unpaired) electrons. The Kier molecular flexibility index (Phi) is 3.25. The van der Waals surface area contributed by atoms with Crippen molar-refractivity contribution in [2.75, 3.05) is 0 Å². The lowest BCUT2D eigenvalue weighted by Gasteiger charge is -2.20. The summed E-state index contributed by atoms with van der Waals surface area (Å²) in [5.41, 5.74) is 1.67. The van der Waals surface area contributed by atoms with Gasteiger partial charge in [-0.1, -0.05) is 22.0 Å². The monoisotopic (exact) mass is 253 g/mol. The average molecular weight is 254 g/mol. The number of hydrogen-bond donors (Lipinski definition) is 0. The van der Waals surface area contributed by atoms with Crippen molar-refractivity contribution in [3.63, 3.8) is 0 Å². The minimum absolute atomic E-state index is 0.494. The highest BCUT2D eigenvalue weighted by Gasteiger charge is 2.21. The van der Waals surface area contributed by atoms with Crippen LogP contribution in [0.15, 0.2) is 27.7 Å². The van der Waals surface area contributed by atoms with E-state index in [-0.39, 0.29) is 0 Å². The van der Waals surface area contributed by atoms with Crippen molar-refractivity contribution in [3.8, 4) is 0 Å². The third kappa shape index (κ3) is 2.31. The van der Waals surface area contributed by atoms with Crippen LogP contribution in [0.1, 0.15) is 25.0 Å². The van der Waals surface area contributed by atoms with Gasteiger partial charge in [0.15, 0.2) is 0 Å². The summed E-state index contributed by atoms with van der Waals surface area (Å²) in [4.78, 5) is 14.1. The molecule has 0 saturated heterocycles. The van der Waals surface area contributed by atoms with Crippen LogP contribution in [0.4, 0.5) is 0 Å². The van der Waals surface area contributed by atoms with Crippen LogP contribution in [0.3, 0.4) is 0 Å². The molecule has 0 spiro atoms. The highest BCUT2D eigenvalue weighted by atomic mass is 79.9. The number of rotatable bonds is 2. The SMILES string of the molecule is Cc1cc(Br)ccc1C(C)(C)N=C=O. The zero-order valence-corrected chi connectivity index (χ0v) is 10.1. The van der Waals surface area contributed by atoms with Crippen LogP contribution in [0.2, 0.25) is 0 Å². The molecule has 0 amide bonds. The van der Waals surface area contributed by atoms with E-state index in [4.69, 9.17) is 0 Å². The smallest absolute Gasteiger partial charge is 0.211 e. The molecule has 0 heterocycles. The summed E-state index contributed by atoms with van der Waals surface area (Å²) in [5, 5.41) is 0. The average Bonchev–Trinajstić information content (AvgIpc) is 2.02. The molecule has 1 aromatic rings. The van der Waals surface area contributed by atoms with Gasteiger partial charge in [0.25, 0.3) is 0 Å². The van der Waals surface area contributed by atoms with Gasteiger partial charge in [0.1, 0.15) is 0 Å². The Balaban J connectivity index is 3.25. The Morgan fingerprint density at radius 2 is 2.07 bits per heavy atom. The van der Waals surface area contributed by atoms with Crippen molar-refractivity contribution in [2.24, 2.45) is 4.99 Å². The van der Waals surface area contributed by atoms with Crippen LogP contribution in [0.5, 0.6) is 0 Å². The fourth-order valence-electron chi connectivity index (χ4n) is 1.49. The molecule has 0 unspecified atom stereocenters. The van der Waals surface area contributed by atoms with Gasteiger partial charge < -0.3 is 0 Å². The maximum absolute atomic E-state index is 10.3. The van der Waals surface area contributed by atoms with E-state index in [2.05, 4.69) is 20.9 Å². The van der Waals surface area contributed by atoms with Crippen molar-refractivity contribution >= 4 is 22.0 Å². The second kappa shape index (κ2) is 4.07. The Labute approximate surface area is 92.2 Å². The summed E-state index contributed by atoms with van der Waals surface area (Å²) in [6.45, 7) is 5.80. The second-order valence-electron chi connectivity index (χ2n) is 3.72. The molecule has 0 atom stereocenters. The topological polar surface area (TPSA) is 29.4 Å². The van der Waals surface area contributed by atoms with Crippen molar-refractivity contribution in [1.82, 2.24) is 0 Å². The second-order valence-corrected chi connectivity index (χ2v) is 4.64. The van der Waals surface area contributed by atoms with Gasteiger partial charge in [0, 0.05) is 4.47 Å². The summed E-state index contributed by atoms with van der Waals surface area (Å²) in [6.07, 6.45) is 1.61. The van der Waals surface area contributed by atoms with E-state index in [0.717, 1.165) is 15.6 Å². The van der Waals surface area contributed by atoms with Crippen molar-refractivity contribution in [3.05, 3.63) is 33.8 Å². The zero-order valence-electron chi connectivity index (χ0n) is 8.47. The molecule has 0 bridgehead atoms. The number of aryl methyl sites for hydroxylation is 1. The van der Waals surface area contributed by atoms with Gasteiger partial charge in [0.2, 0.25) is 6.08 Å². The van der Waals surface area contributed by atoms with E-state index >= 15 is 0 Å². The third-order valence-electron chi connectivity index (χ3n) is 2.17. The maximum atomic E-state index is 10.3. The quantitative estimate of drug-likeness (QED) is 0.588. The molecule has 2 nitrogen and oxygen atoms in total. The molecule has 74 valence electrons. The molecule has 1 aromatic carbocycles. The summed E-state index contributed by atoms with van der Waals surface area (Å²) in [6, 6.07) is 5.93. The zero-order chi connectivity index (χ0) is 10.8. The number of carbonyl (C=O) groups excluding carboxylic acids is 1. The predicted molar refractivity (Wildman–Crippen MR) is 60.0 cm³/mol. The molecular weight excluding hydrogens is 242 g/mol. The van der Waals surface area contributed by atoms with Gasteiger partial charge in [0.05, 0.1) is 5.54 Å². The number of halogens is 1. The first-order valence-electron chi connectivity index (χ1n) is 4.33. The Morgan fingerprint density at radius 3 is 2.57 bits per heavy atom. The minimum atomic E-state index is -0.494. The van der Waals surface area contributed by atoms with Crippen LogP contribution < -0.4 is 0 Å². The molecule has 0 aromatic heterocycles. The summed E-state index contributed by atoms with van der Waals surface area (Å²) in [5.74, 6) is 0. The molecule has 0 aliphatic rings. The molecular formula is C11H12BrNO. The molecule has 14 heavy (non-hydrogen) atoms. The van der Waals surface area contributed by atoms with Gasteiger partial charge in [-0.2, -0.15) is 4.99 Å². The van der Waals surface area contributed by atoms with E-state index in [1.807, 2.05) is 39.0 Å². The van der Waals surface area contributed by atoms with Gasteiger partial charge in [-0.15, -0.1) is 0 Å². The van der Waals surface area contributed by atoms with Gasteiger partial charge >= 0.3 is 0 Å². The molecule has 0 N–H and O–H groups in total. The first-order valence-corrected chi connectivity index (χ1v) is 5.12. The van der Waals surface area contributed by atoms with Crippen molar-refractivity contribution in [1.29, 1.82) is 0 Å². The Morgan fingerprint density at radius 1 is 1.43 bits per heavy atom. The number of aliphatic imine (C=N–C) groups is 1. The Bertz CT molecular complexity index is 392. The lowest BCUT2D eigenvalue weighted by atomic mass is 9.91. The van der Waals surface area contributed by atoms with E-state index in [1.165, 1.54) is 0 Å².